The molecular formula is C10H15Ge. The van der Waals surface area contributed by atoms with Crippen LogP contribution in [0.2, 0.25) is 0 Å². The minimum absolute atomic E-state index is 1.14. The number of hydrogen-bond donors (Lipinski definition) is 0. The van der Waals surface area contributed by atoms with E-state index in [1.54, 1.807) is 0 Å². The van der Waals surface area contributed by atoms with Gasteiger partial charge in [-0.25, -0.2) is 0 Å². The molecule has 0 aliphatic heterocycles. The Morgan fingerprint density at radius 3 is 2.27 bits per heavy atom. The zero-order valence-corrected chi connectivity index (χ0v) is 9.61. The molecule has 0 aliphatic rings. The predicted molar refractivity (Wildman–Crippen MR) is 52.6 cm³/mol. The third-order valence-corrected chi connectivity index (χ3v) is 1.99. The van der Waals surface area contributed by atoms with Crippen LogP contribution in [0.1, 0.15) is 26.3 Å². The fourth-order valence-electron chi connectivity index (χ4n) is 0.791. The van der Waals surface area contributed by atoms with E-state index in [-0.39, 0.29) is 0 Å². The fraction of sp³-hybridized carbons (Fsp3) is 0.400. The summed E-state index contributed by atoms with van der Waals surface area (Å²) in [4.78, 5) is 0. The number of aryl methyl sites for hydroxylation is 1. The van der Waals surface area contributed by atoms with Crippen molar-refractivity contribution in [3.63, 3.8) is 0 Å². The average Bonchev–Trinajstić information content (AvgIpc) is 2.08. The van der Waals surface area contributed by atoms with Crippen LogP contribution >= 0.6 is 0 Å². The van der Waals surface area contributed by atoms with Crippen LogP contribution in [0.5, 0.6) is 0 Å². The van der Waals surface area contributed by atoms with E-state index in [2.05, 4.69) is 47.7 Å². The second-order valence-corrected chi connectivity index (χ2v) is 3.27. The molecule has 0 saturated heterocycles. The Labute approximate surface area is 78.2 Å². The molecule has 1 aromatic rings. The minimum atomic E-state index is 1.14. The molecule has 0 unspecified atom stereocenters. The van der Waals surface area contributed by atoms with Gasteiger partial charge in [0, 0.05) is 0 Å². The molecule has 3 radical (unpaired) electrons. The van der Waals surface area contributed by atoms with Crippen LogP contribution in [0.25, 0.3) is 0 Å². The Hall–Kier alpha value is -0.237. The molecule has 0 aromatic heterocycles. The first-order valence-corrected chi connectivity index (χ1v) is 5.18. The first-order valence-electron chi connectivity index (χ1n) is 4.13. The van der Waals surface area contributed by atoms with Gasteiger partial charge in [0.05, 0.1) is 0 Å². The topological polar surface area (TPSA) is 0 Å². The van der Waals surface area contributed by atoms with Gasteiger partial charge in [-0.2, -0.15) is 0 Å². The Balaban J connectivity index is 0.000000461. The van der Waals surface area contributed by atoms with Crippen molar-refractivity contribution in [1.29, 1.82) is 0 Å². The van der Waals surface area contributed by atoms with E-state index in [9.17, 15) is 0 Å². The van der Waals surface area contributed by atoms with Crippen LogP contribution in [0.15, 0.2) is 24.3 Å². The summed E-state index contributed by atoms with van der Waals surface area (Å²) in [6, 6.07) is 8.61. The molecule has 1 aromatic carbocycles. The van der Waals surface area contributed by atoms with Gasteiger partial charge in [0.25, 0.3) is 0 Å². The summed E-state index contributed by atoms with van der Waals surface area (Å²) >= 11 is 2.12. The Morgan fingerprint density at radius 2 is 1.91 bits per heavy atom. The maximum absolute atomic E-state index is 2.22. The van der Waals surface area contributed by atoms with Crippen molar-refractivity contribution in [3.8, 4) is 0 Å². The third-order valence-electron chi connectivity index (χ3n) is 1.34. The second kappa shape index (κ2) is 6.47. The predicted octanol–water partition coefficient (Wildman–Crippen LogP) is 2.07. The van der Waals surface area contributed by atoms with E-state index in [1.165, 1.54) is 9.96 Å². The standard InChI is InChI=1S/C8H9Ge.C2H6/c1-2-7-4-3-5-8(9)6-7;1-2/h3-6H,2H2,1H3;1-2H3. The van der Waals surface area contributed by atoms with Gasteiger partial charge in [0.15, 0.2) is 0 Å². The molecule has 0 saturated carbocycles. The van der Waals surface area contributed by atoms with Crippen molar-refractivity contribution in [2.75, 3.05) is 0 Å². The van der Waals surface area contributed by atoms with Crippen molar-refractivity contribution in [1.82, 2.24) is 0 Å². The molecule has 59 valence electrons. The zero-order valence-electron chi connectivity index (χ0n) is 7.52. The summed E-state index contributed by atoms with van der Waals surface area (Å²) in [5.41, 5.74) is 1.43. The molecule has 0 N–H and O–H groups in total. The summed E-state index contributed by atoms with van der Waals surface area (Å²) in [6.07, 6.45) is 1.14. The van der Waals surface area contributed by atoms with Gasteiger partial charge in [-0.15, -0.1) is 0 Å². The van der Waals surface area contributed by atoms with E-state index in [0.717, 1.165) is 6.42 Å². The van der Waals surface area contributed by atoms with Crippen LogP contribution in [0.3, 0.4) is 0 Å². The van der Waals surface area contributed by atoms with Gasteiger partial charge in [-0.1, -0.05) is 13.8 Å². The normalized spacial score (nSPS) is 8.36. The van der Waals surface area contributed by atoms with Gasteiger partial charge in [0.2, 0.25) is 0 Å². The van der Waals surface area contributed by atoms with Gasteiger partial charge in [0.1, 0.15) is 0 Å². The molecule has 0 fully saturated rings. The van der Waals surface area contributed by atoms with E-state index in [4.69, 9.17) is 0 Å². The molecule has 1 heteroatoms. The summed E-state index contributed by atoms with van der Waals surface area (Å²) in [5.74, 6) is 0. The summed E-state index contributed by atoms with van der Waals surface area (Å²) < 4.78 is 1.36. The fourth-order valence-corrected chi connectivity index (χ4v) is 1.38. The SMILES string of the molecule is CC.CCc1ccc[c]([Ge])c1. The molecule has 0 aliphatic carbocycles. The molecule has 0 amide bonds. The van der Waals surface area contributed by atoms with Crippen LogP contribution in [0.4, 0.5) is 0 Å². The first kappa shape index (κ1) is 10.8. The molecule has 0 spiro atoms. The molecule has 0 heterocycles. The molecule has 11 heavy (non-hydrogen) atoms. The van der Waals surface area contributed by atoms with E-state index >= 15 is 0 Å². The van der Waals surface area contributed by atoms with Crippen molar-refractivity contribution in [3.05, 3.63) is 29.8 Å². The number of benzene rings is 1. The number of rotatable bonds is 1. The van der Waals surface area contributed by atoms with Crippen molar-refractivity contribution < 1.29 is 0 Å². The quantitative estimate of drug-likeness (QED) is 0.619. The van der Waals surface area contributed by atoms with Crippen LogP contribution in [-0.2, 0) is 6.42 Å². The summed E-state index contributed by atoms with van der Waals surface area (Å²) in [5, 5.41) is 0. The van der Waals surface area contributed by atoms with Crippen LogP contribution in [0, 0.1) is 0 Å². The van der Waals surface area contributed by atoms with Crippen LogP contribution in [-0.4, -0.2) is 16.5 Å². The van der Waals surface area contributed by atoms with E-state index < -0.39 is 0 Å². The third kappa shape index (κ3) is 4.25. The Morgan fingerprint density at radius 1 is 1.27 bits per heavy atom. The van der Waals surface area contributed by atoms with E-state index in [0.29, 0.717) is 0 Å². The second-order valence-electron chi connectivity index (χ2n) is 2.05. The summed E-state index contributed by atoms with van der Waals surface area (Å²) in [6.45, 7) is 6.18. The molecule has 1 rings (SSSR count). The van der Waals surface area contributed by atoms with Gasteiger partial charge < -0.3 is 0 Å². The summed E-state index contributed by atoms with van der Waals surface area (Å²) in [7, 11) is 0. The van der Waals surface area contributed by atoms with Gasteiger partial charge in [-0.05, 0) is 0 Å². The molecular weight excluding hydrogens is 193 g/mol. The maximum atomic E-state index is 2.22. The van der Waals surface area contributed by atoms with E-state index in [1.807, 2.05) is 13.8 Å². The first-order chi connectivity index (χ1) is 5.33. The Kier molecular flexibility index (Phi) is 6.33. The van der Waals surface area contributed by atoms with Crippen molar-refractivity contribution in [2.45, 2.75) is 27.2 Å². The van der Waals surface area contributed by atoms with Gasteiger partial charge >= 0.3 is 64.1 Å². The van der Waals surface area contributed by atoms with Crippen molar-refractivity contribution >= 4 is 20.9 Å². The van der Waals surface area contributed by atoms with Crippen LogP contribution < -0.4 is 4.40 Å². The average molecular weight is 208 g/mol. The zero-order chi connectivity index (χ0) is 8.69. The molecule has 0 bridgehead atoms. The van der Waals surface area contributed by atoms with Gasteiger partial charge in [-0.3, -0.25) is 0 Å². The van der Waals surface area contributed by atoms with Crippen molar-refractivity contribution in [2.24, 2.45) is 0 Å². The molecule has 0 atom stereocenters. The monoisotopic (exact) mass is 209 g/mol. The molecule has 0 nitrogen and oxygen atoms in total. The Bertz CT molecular complexity index is 194. The number of hydrogen-bond acceptors (Lipinski definition) is 0.